The van der Waals surface area contributed by atoms with E-state index in [0.29, 0.717) is 6.61 Å². The largest absolute Gasteiger partial charge is 0.465 e. The average Bonchev–Trinajstić information content (AvgIpc) is 2.63. The second-order valence-electron chi connectivity index (χ2n) is 9.62. The van der Waals surface area contributed by atoms with Crippen molar-refractivity contribution in [1.82, 2.24) is 0 Å². The van der Waals surface area contributed by atoms with E-state index in [1.54, 1.807) is 0 Å². The Morgan fingerprint density at radius 1 is 1.15 bits per heavy atom. The highest BCUT2D eigenvalue weighted by molar-refractivity contribution is 6.74. The Labute approximate surface area is 161 Å². The Kier molecular flexibility index (Phi) is 7.35. The first-order chi connectivity index (χ1) is 11.6. The lowest BCUT2D eigenvalue weighted by Gasteiger charge is -2.36. The summed E-state index contributed by atoms with van der Waals surface area (Å²) in [5.41, 5.74) is -0.795. The zero-order valence-corrected chi connectivity index (χ0v) is 19.3. The summed E-state index contributed by atoms with van der Waals surface area (Å²) in [5.74, 6) is -0.397. The maximum Gasteiger partial charge on any atom is 0.465 e. The van der Waals surface area contributed by atoms with Crippen molar-refractivity contribution in [3.05, 3.63) is 12.3 Å². The number of hydrogen-bond donors (Lipinski definition) is 0. The Bertz CT molecular complexity index is 507. The highest BCUT2D eigenvalue weighted by atomic mass is 28.4. The van der Waals surface area contributed by atoms with Gasteiger partial charge in [0.1, 0.15) is 0 Å². The molecule has 150 valence electrons. The van der Waals surface area contributed by atoms with Crippen molar-refractivity contribution in [1.29, 1.82) is 0 Å². The van der Waals surface area contributed by atoms with Crippen LogP contribution >= 0.6 is 0 Å². The lowest BCUT2D eigenvalue weighted by atomic mass is 9.70. The Morgan fingerprint density at radius 2 is 1.65 bits per heavy atom. The van der Waals surface area contributed by atoms with Crippen LogP contribution in [0.1, 0.15) is 61.8 Å². The fourth-order valence-corrected chi connectivity index (χ4v) is 3.35. The van der Waals surface area contributed by atoms with E-state index >= 15 is 0 Å². The fraction of sp³-hybridized carbons (Fsp3) is 0.842. The van der Waals surface area contributed by atoms with E-state index in [2.05, 4.69) is 33.9 Å². The maximum absolute atomic E-state index is 11.1. The van der Waals surface area contributed by atoms with Crippen molar-refractivity contribution >= 4 is 21.4 Å². The highest BCUT2D eigenvalue weighted by Gasteiger charge is 2.53. The molecular formula is C19H37BO5Si. The number of carbonyl (C=O) groups excluding carboxylic acids is 1. The summed E-state index contributed by atoms with van der Waals surface area (Å²) in [6.07, 6.45) is 4.02. The Morgan fingerprint density at radius 3 is 2.08 bits per heavy atom. The molecule has 1 atom stereocenters. The van der Waals surface area contributed by atoms with Crippen LogP contribution in [-0.2, 0) is 23.3 Å². The number of hydrogen-bond acceptors (Lipinski definition) is 5. The molecule has 0 spiro atoms. The summed E-state index contributed by atoms with van der Waals surface area (Å²) in [6, 6.07) is 0. The van der Waals surface area contributed by atoms with Gasteiger partial charge in [-0.3, -0.25) is 4.79 Å². The predicted molar refractivity (Wildman–Crippen MR) is 109 cm³/mol. The molecule has 0 aromatic rings. The van der Waals surface area contributed by atoms with Crippen LogP contribution in [0.3, 0.4) is 0 Å². The Hall–Kier alpha value is -0.628. The van der Waals surface area contributed by atoms with Crippen molar-refractivity contribution in [2.75, 3.05) is 6.61 Å². The molecule has 1 saturated heterocycles. The van der Waals surface area contributed by atoms with Crippen molar-refractivity contribution in [3.8, 4) is 0 Å². The minimum absolute atomic E-state index is 0.0554. The predicted octanol–water partition coefficient (Wildman–Crippen LogP) is 4.94. The number of allylic oxidation sites excluding steroid dienone is 1. The molecule has 1 fully saturated rings. The van der Waals surface area contributed by atoms with Crippen LogP contribution in [0, 0.1) is 0 Å². The monoisotopic (exact) mass is 384 g/mol. The van der Waals surface area contributed by atoms with Gasteiger partial charge in [-0.2, -0.15) is 0 Å². The first-order valence-electron chi connectivity index (χ1n) is 9.42. The molecule has 0 amide bonds. The molecule has 7 heteroatoms. The van der Waals surface area contributed by atoms with Gasteiger partial charge in [-0.1, -0.05) is 20.8 Å². The summed E-state index contributed by atoms with van der Waals surface area (Å²) in [4.78, 5) is 11.1. The molecule has 0 aromatic heterocycles. The topological polar surface area (TPSA) is 54.0 Å². The van der Waals surface area contributed by atoms with E-state index in [1.165, 1.54) is 13.2 Å². The molecular weight excluding hydrogens is 347 g/mol. The van der Waals surface area contributed by atoms with E-state index in [4.69, 9.17) is 18.5 Å². The van der Waals surface area contributed by atoms with E-state index in [0.717, 1.165) is 6.42 Å². The Balaban J connectivity index is 2.81. The first kappa shape index (κ1) is 23.4. The lowest BCUT2D eigenvalue weighted by Crippen LogP contribution is -2.41. The molecule has 1 aliphatic heterocycles. The molecule has 26 heavy (non-hydrogen) atoms. The molecule has 0 radical (unpaired) electrons. The van der Waals surface area contributed by atoms with Gasteiger partial charge < -0.3 is 18.5 Å². The van der Waals surface area contributed by atoms with E-state index in [9.17, 15) is 4.79 Å². The molecule has 0 bridgehead atoms. The third-order valence-corrected chi connectivity index (χ3v) is 10.4. The van der Waals surface area contributed by atoms with Crippen molar-refractivity contribution in [2.45, 2.75) is 97.0 Å². The molecule has 0 aromatic carbocycles. The van der Waals surface area contributed by atoms with Gasteiger partial charge in [0.15, 0.2) is 8.32 Å². The van der Waals surface area contributed by atoms with Gasteiger partial charge in [0.25, 0.3) is 0 Å². The summed E-state index contributed by atoms with van der Waals surface area (Å²) in [6.45, 7) is 21.3. The van der Waals surface area contributed by atoms with Gasteiger partial charge in [-0.15, -0.1) is 0 Å². The van der Waals surface area contributed by atoms with Crippen LogP contribution in [0.2, 0.25) is 23.9 Å². The highest BCUT2D eigenvalue weighted by Crippen LogP contribution is 2.42. The SMILES string of the molecule is CC(=O)O/C=C/[C@H](CCO[Si](C)(C)C(C)(C)C)B1OC(C)(C)C(C)(C)O1. The molecule has 1 rings (SSSR count). The van der Waals surface area contributed by atoms with E-state index in [1.807, 2.05) is 33.8 Å². The maximum atomic E-state index is 11.1. The summed E-state index contributed by atoms with van der Waals surface area (Å²) in [5, 5.41) is 0.167. The molecule has 0 saturated carbocycles. The van der Waals surface area contributed by atoms with Crippen LogP contribution in [0.5, 0.6) is 0 Å². The van der Waals surface area contributed by atoms with Crippen molar-refractivity contribution in [2.24, 2.45) is 0 Å². The summed E-state index contributed by atoms with van der Waals surface area (Å²) >= 11 is 0. The molecule has 1 aliphatic rings. The fourth-order valence-electron chi connectivity index (χ4n) is 2.29. The van der Waals surface area contributed by atoms with Gasteiger partial charge in [0.05, 0.1) is 17.5 Å². The van der Waals surface area contributed by atoms with Crippen LogP contribution in [0.15, 0.2) is 12.3 Å². The molecule has 0 aliphatic carbocycles. The van der Waals surface area contributed by atoms with Crippen LogP contribution in [0.4, 0.5) is 0 Å². The first-order valence-corrected chi connectivity index (χ1v) is 12.3. The van der Waals surface area contributed by atoms with Crippen molar-refractivity contribution in [3.63, 3.8) is 0 Å². The normalized spacial score (nSPS) is 21.2. The number of rotatable bonds is 7. The number of ether oxygens (including phenoxy) is 1. The van der Waals surface area contributed by atoms with E-state index in [-0.39, 0.29) is 16.8 Å². The summed E-state index contributed by atoms with van der Waals surface area (Å²) in [7, 11) is -2.20. The quantitative estimate of drug-likeness (QED) is 0.354. The van der Waals surface area contributed by atoms with Gasteiger partial charge in [-0.25, -0.2) is 0 Å². The number of esters is 1. The zero-order chi connectivity index (χ0) is 20.4. The van der Waals surface area contributed by atoms with Crippen molar-refractivity contribution < 1.29 is 23.3 Å². The standard InChI is InChI=1S/C19H37BO5Si/c1-15(21)22-13-11-16(12-14-23-26(9,10)17(2,3)4)20-24-18(5,6)19(7,8)25-20/h11,13,16H,12,14H2,1-10H3/b13-11+/t16-/m1/s1. The number of carbonyl (C=O) groups is 1. The molecule has 0 N–H and O–H groups in total. The van der Waals surface area contributed by atoms with Crippen LogP contribution in [0.25, 0.3) is 0 Å². The average molecular weight is 384 g/mol. The van der Waals surface area contributed by atoms with Gasteiger partial charge in [0.2, 0.25) is 0 Å². The van der Waals surface area contributed by atoms with Gasteiger partial charge in [0, 0.05) is 19.3 Å². The molecule has 1 heterocycles. The lowest BCUT2D eigenvalue weighted by molar-refractivity contribution is -0.135. The zero-order valence-electron chi connectivity index (χ0n) is 18.3. The van der Waals surface area contributed by atoms with E-state index < -0.39 is 26.6 Å². The molecule has 0 unspecified atom stereocenters. The third kappa shape index (κ3) is 5.94. The summed E-state index contributed by atoms with van der Waals surface area (Å²) < 4.78 is 23.6. The second-order valence-corrected chi connectivity index (χ2v) is 14.4. The van der Waals surface area contributed by atoms with Gasteiger partial charge in [-0.05, 0) is 58.3 Å². The van der Waals surface area contributed by atoms with Gasteiger partial charge >= 0.3 is 13.1 Å². The van der Waals surface area contributed by atoms with Crippen LogP contribution < -0.4 is 0 Å². The van der Waals surface area contributed by atoms with Crippen LogP contribution in [-0.4, -0.2) is 39.2 Å². The third-order valence-electron chi connectivity index (χ3n) is 5.90. The molecule has 5 nitrogen and oxygen atoms in total. The second kappa shape index (κ2) is 8.17. The smallest absolute Gasteiger partial charge is 0.435 e. The minimum Gasteiger partial charge on any atom is -0.435 e. The minimum atomic E-state index is -1.81.